The molecule has 1 amide bonds. The van der Waals surface area contributed by atoms with Crippen molar-refractivity contribution in [3.8, 4) is 0 Å². The normalized spacial score (nSPS) is 20.8. The largest absolute Gasteiger partial charge is 0.384 e. The zero-order valence-electron chi connectivity index (χ0n) is 9.10. The Labute approximate surface area is 94.4 Å². The first-order valence-electron chi connectivity index (χ1n) is 5.42. The summed E-state index contributed by atoms with van der Waals surface area (Å²) in [5.74, 6) is 0.242. The number of aromatic nitrogens is 1. The van der Waals surface area contributed by atoms with Crippen molar-refractivity contribution in [1.82, 2.24) is 4.98 Å². The van der Waals surface area contributed by atoms with Gasteiger partial charge in [-0.05, 0) is 25.0 Å². The Kier molecular flexibility index (Phi) is 2.94. The van der Waals surface area contributed by atoms with Crippen molar-refractivity contribution in [2.45, 2.75) is 12.8 Å². The van der Waals surface area contributed by atoms with Gasteiger partial charge < -0.3 is 16.4 Å². The molecule has 0 saturated carbocycles. The SMILES string of the molecule is NC(=O)C1CCCN(c2ccc(N)nc2)C1. The summed E-state index contributed by atoms with van der Waals surface area (Å²) in [6.45, 7) is 1.62. The van der Waals surface area contributed by atoms with Gasteiger partial charge in [0, 0.05) is 13.1 Å². The molecule has 1 aromatic heterocycles. The quantitative estimate of drug-likeness (QED) is 0.753. The van der Waals surface area contributed by atoms with E-state index >= 15 is 0 Å². The lowest BCUT2D eigenvalue weighted by atomic mass is 9.97. The van der Waals surface area contributed by atoms with E-state index in [1.807, 2.05) is 6.07 Å². The van der Waals surface area contributed by atoms with E-state index in [0.29, 0.717) is 12.4 Å². The number of hydrogen-bond donors (Lipinski definition) is 2. The Morgan fingerprint density at radius 1 is 1.50 bits per heavy atom. The van der Waals surface area contributed by atoms with Gasteiger partial charge in [0.1, 0.15) is 5.82 Å². The van der Waals surface area contributed by atoms with Crippen LogP contribution in [-0.4, -0.2) is 24.0 Å². The fourth-order valence-electron chi connectivity index (χ4n) is 2.03. The van der Waals surface area contributed by atoms with Gasteiger partial charge in [-0.1, -0.05) is 0 Å². The molecule has 0 aliphatic carbocycles. The van der Waals surface area contributed by atoms with Crippen LogP contribution in [0.15, 0.2) is 18.3 Å². The number of nitrogens with two attached hydrogens (primary N) is 2. The molecule has 0 spiro atoms. The third-order valence-electron chi connectivity index (χ3n) is 2.96. The maximum absolute atomic E-state index is 11.1. The van der Waals surface area contributed by atoms with Crippen LogP contribution in [0, 0.1) is 5.92 Å². The number of primary amides is 1. The van der Waals surface area contributed by atoms with E-state index in [0.717, 1.165) is 25.1 Å². The zero-order valence-corrected chi connectivity index (χ0v) is 9.10. The molecule has 1 aromatic rings. The highest BCUT2D eigenvalue weighted by atomic mass is 16.1. The van der Waals surface area contributed by atoms with Gasteiger partial charge in [-0.15, -0.1) is 0 Å². The minimum Gasteiger partial charge on any atom is -0.384 e. The number of anilines is 2. The predicted octanol–water partition coefficient (Wildman–Crippen LogP) is 0.365. The molecule has 1 unspecified atom stereocenters. The third-order valence-corrected chi connectivity index (χ3v) is 2.96. The summed E-state index contributed by atoms with van der Waals surface area (Å²) >= 11 is 0. The first-order chi connectivity index (χ1) is 7.66. The summed E-state index contributed by atoms with van der Waals surface area (Å²) in [6, 6.07) is 3.69. The van der Waals surface area contributed by atoms with Crippen molar-refractivity contribution < 1.29 is 4.79 Å². The number of rotatable bonds is 2. The molecule has 1 atom stereocenters. The molecule has 2 heterocycles. The highest BCUT2D eigenvalue weighted by Crippen LogP contribution is 2.22. The van der Waals surface area contributed by atoms with Crippen molar-refractivity contribution in [3.63, 3.8) is 0 Å². The van der Waals surface area contributed by atoms with Gasteiger partial charge in [0.15, 0.2) is 0 Å². The van der Waals surface area contributed by atoms with Crippen LogP contribution in [0.2, 0.25) is 0 Å². The fraction of sp³-hybridized carbons (Fsp3) is 0.455. The summed E-state index contributed by atoms with van der Waals surface area (Å²) < 4.78 is 0. The summed E-state index contributed by atoms with van der Waals surface area (Å²) in [7, 11) is 0. The molecule has 1 aliphatic heterocycles. The molecule has 1 saturated heterocycles. The summed E-state index contributed by atoms with van der Waals surface area (Å²) in [6.07, 6.45) is 3.60. The van der Waals surface area contributed by atoms with Gasteiger partial charge in [-0.3, -0.25) is 4.79 Å². The number of amides is 1. The molecular weight excluding hydrogens is 204 g/mol. The molecule has 0 radical (unpaired) electrons. The minimum absolute atomic E-state index is 0.0497. The Bertz CT molecular complexity index is 376. The Hall–Kier alpha value is -1.78. The molecule has 4 N–H and O–H groups in total. The van der Waals surface area contributed by atoms with Crippen LogP contribution >= 0.6 is 0 Å². The van der Waals surface area contributed by atoms with Gasteiger partial charge in [0.05, 0.1) is 17.8 Å². The molecule has 0 aromatic carbocycles. The standard InChI is InChI=1S/C11H16N4O/c12-10-4-3-9(6-14-10)15-5-1-2-8(7-15)11(13)16/h3-4,6,8H,1-2,5,7H2,(H2,12,14)(H2,13,16). The molecule has 86 valence electrons. The molecule has 1 fully saturated rings. The molecule has 2 rings (SSSR count). The van der Waals surface area contributed by atoms with E-state index in [1.54, 1.807) is 12.3 Å². The maximum atomic E-state index is 11.1. The number of hydrogen-bond acceptors (Lipinski definition) is 4. The van der Waals surface area contributed by atoms with Crippen LogP contribution in [0.4, 0.5) is 11.5 Å². The molecule has 1 aliphatic rings. The van der Waals surface area contributed by atoms with Crippen LogP contribution in [0.5, 0.6) is 0 Å². The first-order valence-corrected chi connectivity index (χ1v) is 5.42. The van der Waals surface area contributed by atoms with E-state index in [9.17, 15) is 4.79 Å². The minimum atomic E-state index is -0.215. The Morgan fingerprint density at radius 2 is 2.31 bits per heavy atom. The second kappa shape index (κ2) is 4.38. The fourth-order valence-corrected chi connectivity index (χ4v) is 2.03. The highest BCUT2D eigenvalue weighted by Gasteiger charge is 2.24. The van der Waals surface area contributed by atoms with E-state index in [-0.39, 0.29) is 11.8 Å². The monoisotopic (exact) mass is 220 g/mol. The maximum Gasteiger partial charge on any atom is 0.222 e. The average molecular weight is 220 g/mol. The lowest BCUT2D eigenvalue weighted by molar-refractivity contribution is -0.122. The number of nitrogens with zero attached hydrogens (tertiary/aromatic N) is 2. The van der Waals surface area contributed by atoms with Gasteiger partial charge in [-0.2, -0.15) is 0 Å². The molecule has 16 heavy (non-hydrogen) atoms. The van der Waals surface area contributed by atoms with Crippen molar-refractivity contribution in [3.05, 3.63) is 18.3 Å². The summed E-state index contributed by atoms with van der Waals surface area (Å²) in [5.41, 5.74) is 11.9. The van der Waals surface area contributed by atoms with Crippen LogP contribution < -0.4 is 16.4 Å². The molecule has 0 bridgehead atoms. The lowest BCUT2D eigenvalue weighted by Gasteiger charge is -2.32. The van der Waals surface area contributed by atoms with E-state index in [2.05, 4.69) is 9.88 Å². The number of pyridine rings is 1. The first kappa shape index (κ1) is 10.7. The summed E-state index contributed by atoms with van der Waals surface area (Å²) in [4.78, 5) is 17.3. The summed E-state index contributed by atoms with van der Waals surface area (Å²) in [5, 5.41) is 0. The van der Waals surface area contributed by atoms with Crippen molar-refractivity contribution >= 4 is 17.4 Å². The third kappa shape index (κ3) is 2.24. The van der Waals surface area contributed by atoms with E-state index in [1.165, 1.54) is 0 Å². The lowest BCUT2D eigenvalue weighted by Crippen LogP contribution is -2.41. The van der Waals surface area contributed by atoms with Gasteiger partial charge in [0.2, 0.25) is 5.91 Å². The second-order valence-corrected chi connectivity index (χ2v) is 4.13. The number of piperidine rings is 1. The molecule has 5 heteroatoms. The Balaban J connectivity index is 2.09. The van der Waals surface area contributed by atoms with Gasteiger partial charge >= 0.3 is 0 Å². The van der Waals surface area contributed by atoms with Crippen LogP contribution in [0.25, 0.3) is 0 Å². The van der Waals surface area contributed by atoms with Crippen LogP contribution in [-0.2, 0) is 4.79 Å². The van der Waals surface area contributed by atoms with Gasteiger partial charge in [-0.25, -0.2) is 4.98 Å². The zero-order chi connectivity index (χ0) is 11.5. The van der Waals surface area contributed by atoms with Gasteiger partial charge in [0.25, 0.3) is 0 Å². The smallest absolute Gasteiger partial charge is 0.222 e. The molecular formula is C11H16N4O. The highest BCUT2D eigenvalue weighted by molar-refractivity contribution is 5.77. The predicted molar refractivity (Wildman–Crippen MR) is 62.8 cm³/mol. The molecule has 5 nitrogen and oxygen atoms in total. The van der Waals surface area contributed by atoms with Crippen molar-refractivity contribution in [1.29, 1.82) is 0 Å². The van der Waals surface area contributed by atoms with Crippen molar-refractivity contribution in [2.75, 3.05) is 23.7 Å². The average Bonchev–Trinajstić information content (AvgIpc) is 2.30. The Morgan fingerprint density at radius 3 is 2.94 bits per heavy atom. The van der Waals surface area contributed by atoms with E-state index in [4.69, 9.17) is 11.5 Å². The number of carbonyl (C=O) groups excluding carboxylic acids is 1. The topological polar surface area (TPSA) is 85.2 Å². The van der Waals surface area contributed by atoms with Crippen LogP contribution in [0.3, 0.4) is 0 Å². The number of carbonyl (C=O) groups is 1. The number of nitrogen functional groups attached to an aromatic ring is 1. The van der Waals surface area contributed by atoms with Crippen molar-refractivity contribution in [2.24, 2.45) is 11.7 Å². The van der Waals surface area contributed by atoms with Crippen LogP contribution in [0.1, 0.15) is 12.8 Å². The second-order valence-electron chi connectivity index (χ2n) is 4.13. The van der Waals surface area contributed by atoms with E-state index < -0.39 is 0 Å².